The summed E-state index contributed by atoms with van der Waals surface area (Å²) in [5, 5.41) is 0. The van der Waals surface area contributed by atoms with E-state index >= 15 is 0 Å². The molecule has 0 atom stereocenters. The average Bonchev–Trinajstić information content (AvgIpc) is 2.90. The lowest BCUT2D eigenvalue weighted by Gasteiger charge is -2.29. The van der Waals surface area contributed by atoms with Gasteiger partial charge in [-0.3, -0.25) is 0 Å². The molecule has 0 radical (unpaired) electrons. The fourth-order valence-corrected chi connectivity index (χ4v) is 2.90. The first-order valence-electron chi connectivity index (χ1n) is 8.75. The molecule has 0 unspecified atom stereocenters. The third kappa shape index (κ3) is 4.25. The molecule has 0 bridgehead atoms. The van der Waals surface area contributed by atoms with Crippen molar-refractivity contribution in [3.05, 3.63) is 63.6 Å². The van der Waals surface area contributed by atoms with Crippen molar-refractivity contribution in [2.45, 2.75) is 45.9 Å². The number of rotatable bonds is 3. The Labute approximate surface area is 152 Å². The van der Waals surface area contributed by atoms with Crippen LogP contribution in [-0.4, -0.2) is 27.9 Å². The monoisotopic (exact) mass is 356 g/mol. The van der Waals surface area contributed by atoms with Crippen LogP contribution in [0.15, 0.2) is 45.7 Å². The zero-order valence-electron chi connectivity index (χ0n) is 15.4. The highest BCUT2D eigenvalue weighted by Crippen LogP contribution is 2.19. The molecule has 138 valence electrons. The van der Waals surface area contributed by atoms with E-state index in [1.165, 1.54) is 0 Å². The van der Waals surface area contributed by atoms with Crippen LogP contribution in [0.3, 0.4) is 0 Å². The predicted octanol–water partition coefficient (Wildman–Crippen LogP) is 3.45. The molecule has 1 aliphatic heterocycles. The minimum Gasteiger partial charge on any atom is -0.444 e. The number of aromatic nitrogens is 1. The van der Waals surface area contributed by atoms with E-state index in [1.54, 1.807) is 9.64 Å². The SMILES string of the molecule is CC(C)(C)OC(=O)N1CCc2c(c(=O)on2C/C=C/c2ccccc2)C1. The van der Waals surface area contributed by atoms with Gasteiger partial charge in [0.15, 0.2) is 0 Å². The summed E-state index contributed by atoms with van der Waals surface area (Å²) < 4.78 is 12.4. The van der Waals surface area contributed by atoms with E-state index in [-0.39, 0.29) is 12.2 Å². The Morgan fingerprint density at radius 1 is 1.27 bits per heavy atom. The molecule has 0 fully saturated rings. The molecule has 26 heavy (non-hydrogen) atoms. The van der Waals surface area contributed by atoms with E-state index in [4.69, 9.17) is 9.26 Å². The summed E-state index contributed by atoms with van der Waals surface area (Å²) in [6, 6.07) is 9.94. The molecular weight excluding hydrogens is 332 g/mol. The van der Waals surface area contributed by atoms with Gasteiger partial charge in [0.05, 0.1) is 24.3 Å². The van der Waals surface area contributed by atoms with Crippen LogP contribution in [0.1, 0.15) is 37.6 Å². The lowest BCUT2D eigenvalue weighted by Crippen LogP contribution is -2.41. The summed E-state index contributed by atoms with van der Waals surface area (Å²) in [6.07, 6.45) is 4.11. The molecule has 0 saturated carbocycles. The van der Waals surface area contributed by atoms with Gasteiger partial charge in [0, 0.05) is 13.0 Å². The minimum atomic E-state index is -0.559. The Morgan fingerprint density at radius 3 is 2.69 bits per heavy atom. The lowest BCUT2D eigenvalue weighted by molar-refractivity contribution is 0.0222. The second kappa shape index (κ2) is 7.23. The standard InChI is InChI=1S/C20H24N2O4/c1-20(2,3)25-19(24)21-13-11-17-16(14-21)18(23)26-22(17)12-7-10-15-8-5-4-6-9-15/h4-10H,11-14H2,1-3H3/b10-7+. The molecule has 2 heterocycles. The first kappa shape index (κ1) is 18.0. The summed E-state index contributed by atoms with van der Waals surface area (Å²) >= 11 is 0. The van der Waals surface area contributed by atoms with Crippen LogP contribution in [0.4, 0.5) is 4.79 Å². The lowest BCUT2D eigenvalue weighted by atomic mass is 10.1. The van der Waals surface area contributed by atoms with Crippen molar-refractivity contribution in [3.8, 4) is 0 Å². The second-order valence-electron chi connectivity index (χ2n) is 7.33. The minimum absolute atomic E-state index is 0.224. The van der Waals surface area contributed by atoms with Gasteiger partial charge in [-0.05, 0) is 26.3 Å². The number of ether oxygens (including phenoxy) is 1. The Bertz CT molecular complexity index is 856. The number of carbonyl (C=O) groups is 1. The topological polar surface area (TPSA) is 64.7 Å². The van der Waals surface area contributed by atoms with E-state index in [0.717, 1.165) is 11.3 Å². The highest BCUT2D eigenvalue weighted by molar-refractivity contribution is 5.68. The van der Waals surface area contributed by atoms with Gasteiger partial charge in [0.25, 0.3) is 0 Å². The van der Waals surface area contributed by atoms with Crippen LogP contribution < -0.4 is 5.63 Å². The smallest absolute Gasteiger partial charge is 0.410 e. The molecule has 0 spiro atoms. The van der Waals surface area contributed by atoms with E-state index in [0.29, 0.717) is 25.1 Å². The van der Waals surface area contributed by atoms with E-state index in [2.05, 4.69) is 0 Å². The fraction of sp³-hybridized carbons (Fsp3) is 0.400. The Hall–Kier alpha value is -2.76. The van der Waals surface area contributed by atoms with Crippen molar-refractivity contribution in [1.29, 1.82) is 0 Å². The van der Waals surface area contributed by atoms with Gasteiger partial charge in [-0.1, -0.05) is 42.5 Å². The summed E-state index contributed by atoms with van der Waals surface area (Å²) in [5.74, 6) is 0. The molecular formula is C20H24N2O4. The Balaban J connectivity index is 1.70. The summed E-state index contributed by atoms with van der Waals surface area (Å²) in [6.45, 7) is 6.68. The van der Waals surface area contributed by atoms with Crippen LogP contribution >= 0.6 is 0 Å². The number of amides is 1. The van der Waals surface area contributed by atoms with Crippen molar-refractivity contribution in [2.75, 3.05) is 6.54 Å². The highest BCUT2D eigenvalue weighted by Gasteiger charge is 2.30. The summed E-state index contributed by atoms with van der Waals surface area (Å²) in [7, 11) is 0. The molecule has 3 rings (SSSR count). The van der Waals surface area contributed by atoms with Crippen molar-refractivity contribution < 1.29 is 14.1 Å². The molecule has 6 nitrogen and oxygen atoms in total. The molecule has 1 amide bonds. The third-order valence-electron chi connectivity index (χ3n) is 4.09. The van der Waals surface area contributed by atoms with Gasteiger partial charge in [-0.2, -0.15) is 0 Å². The number of hydrogen-bond donors (Lipinski definition) is 0. The number of hydrogen-bond acceptors (Lipinski definition) is 4. The molecule has 2 aromatic rings. The molecule has 1 aromatic heterocycles. The van der Waals surface area contributed by atoms with Crippen molar-refractivity contribution in [1.82, 2.24) is 9.64 Å². The van der Waals surface area contributed by atoms with Crippen molar-refractivity contribution in [3.63, 3.8) is 0 Å². The molecule has 1 aliphatic rings. The van der Waals surface area contributed by atoms with Crippen molar-refractivity contribution >= 4 is 12.2 Å². The highest BCUT2D eigenvalue weighted by atomic mass is 16.6. The van der Waals surface area contributed by atoms with E-state index in [1.807, 2.05) is 63.3 Å². The number of fused-ring (bicyclic) bond motifs is 1. The van der Waals surface area contributed by atoms with Crippen LogP contribution in [0.25, 0.3) is 6.08 Å². The Morgan fingerprint density at radius 2 is 2.00 bits per heavy atom. The van der Waals surface area contributed by atoms with Gasteiger partial charge in [0.2, 0.25) is 0 Å². The van der Waals surface area contributed by atoms with E-state index in [9.17, 15) is 9.59 Å². The van der Waals surface area contributed by atoms with Crippen LogP contribution in [-0.2, 0) is 24.2 Å². The van der Waals surface area contributed by atoms with Gasteiger partial charge in [0.1, 0.15) is 5.60 Å². The average molecular weight is 356 g/mol. The third-order valence-corrected chi connectivity index (χ3v) is 4.09. The molecule has 0 aliphatic carbocycles. The zero-order chi connectivity index (χ0) is 18.7. The number of allylic oxidation sites excluding steroid dienone is 1. The first-order chi connectivity index (χ1) is 12.3. The first-order valence-corrected chi connectivity index (χ1v) is 8.75. The maximum atomic E-state index is 12.2. The van der Waals surface area contributed by atoms with E-state index < -0.39 is 11.7 Å². The molecule has 0 saturated heterocycles. The largest absolute Gasteiger partial charge is 0.444 e. The van der Waals surface area contributed by atoms with Gasteiger partial charge in [-0.25, -0.2) is 14.3 Å². The van der Waals surface area contributed by atoms with Crippen LogP contribution in [0.5, 0.6) is 0 Å². The predicted molar refractivity (Wildman–Crippen MR) is 98.8 cm³/mol. The normalized spacial score (nSPS) is 14.5. The van der Waals surface area contributed by atoms with Gasteiger partial charge < -0.3 is 14.2 Å². The van der Waals surface area contributed by atoms with Crippen LogP contribution in [0.2, 0.25) is 0 Å². The number of carbonyl (C=O) groups excluding carboxylic acids is 1. The quantitative estimate of drug-likeness (QED) is 0.845. The molecule has 0 N–H and O–H groups in total. The van der Waals surface area contributed by atoms with Crippen LogP contribution in [0, 0.1) is 0 Å². The fourth-order valence-electron chi connectivity index (χ4n) is 2.90. The number of nitrogens with zero attached hydrogens (tertiary/aromatic N) is 2. The maximum absolute atomic E-state index is 12.2. The number of benzene rings is 1. The summed E-state index contributed by atoms with van der Waals surface area (Å²) in [5.41, 5.74) is 1.53. The Kier molecular flexibility index (Phi) is 5.02. The summed E-state index contributed by atoms with van der Waals surface area (Å²) in [4.78, 5) is 26.0. The molecule has 6 heteroatoms. The zero-order valence-corrected chi connectivity index (χ0v) is 15.4. The van der Waals surface area contributed by atoms with Crippen molar-refractivity contribution in [2.24, 2.45) is 0 Å². The molecule has 1 aromatic carbocycles. The van der Waals surface area contributed by atoms with Gasteiger partial charge in [-0.15, -0.1) is 0 Å². The van der Waals surface area contributed by atoms with Gasteiger partial charge >= 0.3 is 11.7 Å². The maximum Gasteiger partial charge on any atom is 0.410 e. The second-order valence-corrected chi connectivity index (χ2v) is 7.33.